The van der Waals surface area contributed by atoms with Crippen LogP contribution >= 0.6 is 23.3 Å². The average Bonchev–Trinajstić information content (AvgIpc) is 2.75. The van der Waals surface area contributed by atoms with Crippen molar-refractivity contribution in [2.24, 2.45) is 0 Å². The monoisotopic (exact) mass is 242 g/mol. The van der Waals surface area contributed by atoms with E-state index in [9.17, 15) is 0 Å². The molecular weight excluding hydrogens is 232 g/mol. The molecule has 0 aliphatic carbocycles. The highest BCUT2D eigenvalue weighted by Crippen LogP contribution is 2.27. The van der Waals surface area contributed by atoms with Gasteiger partial charge in [-0.25, -0.2) is 9.67 Å². The Kier molecular flexibility index (Phi) is 2.96. The van der Waals surface area contributed by atoms with E-state index < -0.39 is 0 Å². The number of hydrogen-bond donors (Lipinski definition) is 0. The molecule has 0 fully saturated rings. The standard InChI is InChI=1S/C7H10N6S2/c1-4(2)13-6(9-11-12-13)14-7-8-5(3)10-15-7/h4H,1-3H3. The van der Waals surface area contributed by atoms with Crippen molar-refractivity contribution in [3.63, 3.8) is 0 Å². The van der Waals surface area contributed by atoms with Crippen molar-refractivity contribution < 1.29 is 0 Å². The lowest BCUT2D eigenvalue weighted by Crippen LogP contribution is -2.04. The van der Waals surface area contributed by atoms with Gasteiger partial charge in [0, 0.05) is 0 Å². The number of aryl methyl sites for hydroxylation is 1. The molecule has 2 aromatic heterocycles. The van der Waals surface area contributed by atoms with Gasteiger partial charge >= 0.3 is 0 Å². The van der Waals surface area contributed by atoms with Crippen molar-refractivity contribution in [3.8, 4) is 0 Å². The molecule has 6 nitrogen and oxygen atoms in total. The summed E-state index contributed by atoms with van der Waals surface area (Å²) in [6, 6.07) is 0.247. The maximum absolute atomic E-state index is 4.25. The van der Waals surface area contributed by atoms with Gasteiger partial charge in [0.05, 0.1) is 6.04 Å². The van der Waals surface area contributed by atoms with E-state index in [2.05, 4.69) is 24.9 Å². The van der Waals surface area contributed by atoms with E-state index in [1.54, 1.807) is 4.68 Å². The highest BCUT2D eigenvalue weighted by Gasteiger charge is 2.12. The fourth-order valence-electron chi connectivity index (χ4n) is 0.974. The van der Waals surface area contributed by atoms with E-state index in [1.165, 1.54) is 23.3 Å². The van der Waals surface area contributed by atoms with Gasteiger partial charge < -0.3 is 0 Å². The van der Waals surface area contributed by atoms with Gasteiger partial charge in [0.1, 0.15) is 5.82 Å². The second-order valence-corrected chi connectivity index (χ2v) is 5.18. The van der Waals surface area contributed by atoms with Crippen LogP contribution in [0.15, 0.2) is 9.50 Å². The van der Waals surface area contributed by atoms with Crippen LogP contribution < -0.4 is 0 Å². The van der Waals surface area contributed by atoms with Crippen LogP contribution in [0.3, 0.4) is 0 Å². The molecule has 0 spiro atoms. The average molecular weight is 242 g/mol. The lowest BCUT2D eigenvalue weighted by atomic mass is 10.4. The summed E-state index contributed by atoms with van der Waals surface area (Å²) in [6.07, 6.45) is 0. The molecule has 0 N–H and O–H groups in total. The van der Waals surface area contributed by atoms with Gasteiger partial charge in [-0.3, -0.25) is 0 Å². The Morgan fingerprint density at radius 2 is 2.20 bits per heavy atom. The first-order valence-electron chi connectivity index (χ1n) is 4.43. The normalized spacial score (nSPS) is 11.2. The summed E-state index contributed by atoms with van der Waals surface area (Å²) in [6.45, 7) is 5.93. The molecule has 80 valence electrons. The van der Waals surface area contributed by atoms with E-state index in [0.29, 0.717) is 0 Å². The molecular formula is C7H10N6S2. The molecule has 0 aliphatic heterocycles. The smallest absolute Gasteiger partial charge is 0.216 e. The molecule has 0 atom stereocenters. The number of aromatic nitrogens is 6. The van der Waals surface area contributed by atoms with Crippen LogP contribution in [0.25, 0.3) is 0 Å². The van der Waals surface area contributed by atoms with Crippen LogP contribution in [0.1, 0.15) is 25.7 Å². The van der Waals surface area contributed by atoms with Crippen LogP contribution in [0.5, 0.6) is 0 Å². The van der Waals surface area contributed by atoms with Gasteiger partial charge in [-0.15, -0.1) is 5.10 Å². The molecule has 2 aromatic rings. The van der Waals surface area contributed by atoms with Crippen LogP contribution in [0, 0.1) is 6.92 Å². The van der Waals surface area contributed by atoms with Crippen LogP contribution in [-0.2, 0) is 0 Å². The molecule has 0 unspecified atom stereocenters. The van der Waals surface area contributed by atoms with Crippen molar-refractivity contribution in [1.82, 2.24) is 29.6 Å². The second kappa shape index (κ2) is 4.23. The van der Waals surface area contributed by atoms with E-state index in [-0.39, 0.29) is 6.04 Å². The third-order valence-corrected chi connectivity index (χ3v) is 3.43. The van der Waals surface area contributed by atoms with Gasteiger partial charge in [-0.2, -0.15) is 4.37 Å². The van der Waals surface area contributed by atoms with Gasteiger partial charge in [0.25, 0.3) is 0 Å². The maximum atomic E-state index is 4.25. The number of tetrazole rings is 1. The molecule has 8 heteroatoms. The van der Waals surface area contributed by atoms with Crippen molar-refractivity contribution in [2.45, 2.75) is 36.3 Å². The van der Waals surface area contributed by atoms with Gasteiger partial charge in [0.2, 0.25) is 5.16 Å². The first-order valence-corrected chi connectivity index (χ1v) is 6.02. The second-order valence-electron chi connectivity index (χ2n) is 3.21. The third-order valence-electron chi connectivity index (χ3n) is 1.64. The lowest BCUT2D eigenvalue weighted by molar-refractivity contribution is 0.477. The number of rotatable bonds is 3. The molecule has 0 amide bonds. The molecule has 0 aromatic carbocycles. The lowest BCUT2D eigenvalue weighted by Gasteiger charge is -2.04. The Hall–Kier alpha value is -1.02. The summed E-state index contributed by atoms with van der Waals surface area (Å²) >= 11 is 2.80. The first kappa shape index (κ1) is 10.5. The van der Waals surface area contributed by atoms with Gasteiger partial charge in [-0.1, -0.05) is 0 Å². The maximum Gasteiger partial charge on any atom is 0.216 e. The zero-order valence-corrected chi connectivity index (χ0v) is 10.2. The first-order chi connectivity index (χ1) is 7.16. The minimum absolute atomic E-state index is 0.247. The number of hydrogen-bond acceptors (Lipinski definition) is 7. The fourth-order valence-corrected chi connectivity index (χ4v) is 2.63. The topological polar surface area (TPSA) is 69.4 Å². The zero-order valence-electron chi connectivity index (χ0n) is 8.58. The Labute approximate surface area is 95.3 Å². The summed E-state index contributed by atoms with van der Waals surface area (Å²) in [7, 11) is 0. The summed E-state index contributed by atoms with van der Waals surface area (Å²) in [5.41, 5.74) is 0. The molecule has 0 bridgehead atoms. The summed E-state index contributed by atoms with van der Waals surface area (Å²) in [4.78, 5) is 4.25. The summed E-state index contributed by atoms with van der Waals surface area (Å²) < 4.78 is 6.73. The zero-order chi connectivity index (χ0) is 10.8. The minimum Gasteiger partial charge on any atom is -0.218 e. The van der Waals surface area contributed by atoms with Crippen molar-refractivity contribution in [2.75, 3.05) is 0 Å². The van der Waals surface area contributed by atoms with E-state index in [1.807, 2.05) is 20.8 Å². The van der Waals surface area contributed by atoms with E-state index in [4.69, 9.17) is 0 Å². The van der Waals surface area contributed by atoms with Crippen LogP contribution in [0.2, 0.25) is 0 Å². The molecule has 2 heterocycles. The molecule has 0 aliphatic rings. The predicted molar refractivity (Wildman–Crippen MR) is 57.0 cm³/mol. The van der Waals surface area contributed by atoms with Gasteiger partial charge in [-0.05, 0) is 54.5 Å². The Bertz CT molecular complexity index is 448. The van der Waals surface area contributed by atoms with Gasteiger partial charge in [0.15, 0.2) is 4.34 Å². The SMILES string of the molecule is Cc1nsc(Sc2nnnn2C(C)C)n1. The molecule has 15 heavy (non-hydrogen) atoms. The molecule has 0 radical (unpaired) electrons. The van der Waals surface area contributed by atoms with Crippen LogP contribution in [-0.4, -0.2) is 29.6 Å². The van der Waals surface area contributed by atoms with E-state index in [0.717, 1.165) is 15.3 Å². The quantitative estimate of drug-likeness (QED) is 0.813. The van der Waals surface area contributed by atoms with E-state index >= 15 is 0 Å². The summed E-state index contributed by atoms with van der Waals surface area (Å²) in [5, 5.41) is 12.3. The molecule has 0 saturated heterocycles. The highest BCUT2D eigenvalue weighted by molar-refractivity contribution is 8.00. The van der Waals surface area contributed by atoms with Crippen LogP contribution in [0.4, 0.5) is 0 Å². The predicted octanol–water partition coefficient (Wildman–Crippen LogP) is 1.57. The Balaban J connectivity index is 2.20. The molecule has 2 rings (SSSR count). The fraction of sp³-hybridized carbons (Fsp3) is 0.571. The highest BCUT2D eigenvalue weighted by atomic mass is 32.2. The van der Waals surface area contributed by atoms with Crippen molar-refractivity contribution in [3.05, 3.63) is 5.82 Å². The Morgan fingerprint density at radius 1 is 1.40 bits per heavy atom. The Morgan fingerprint density at radius 3 is 2.80 bits per heavy atom. The van der Waals surface area contributed by atoms with Crippen molar-refractivity contribution in [1.29, 1.82) is 0 Å². The third kappa shape index (κ3) is 2.32. The molecule has 0 saturated carbocycles. The van der Waals surface area contributed by atoms with Crippen molar-refractivity contribution >= 4 is 23.3 Å². The summed E-state index contributed by atoms with van der Waals surface area (Å²) in [5.74, 6) is 0.783. The minimum atomic E-state index is 0.247. The number of nitrogens with zero attached hydrogens (tertiary/aromatic N) is 6. The largest absolute Gasteiger partial charge is 0.218 e.